The summed E-state index contributed by atoms with van der Waals surface area (Å²) < 4.78 is 2.20. The summed E-state index contributed by atoms with van der Waals surface area (Å²) in [5.41, 5.74) is 0.999. The summed E-state index contributed by atoms with van der Waals surface area (Å²) in [6, 6.07) is 7.09. The molecule has 0 radical (unpaired) electrons. The van der Waals surface area contributed by atoms with Gasteiger partial charge < -0.3 is 14.4 Å². The second kappa shape index (κ2) is 8.48. The Kier molecular flexibility index (Phi) is 6.06. The number of amides is 1. The van der Waals surface area contributed by atoms with Crippen molar-refractivity contribution >= 4 is 11.7 Å². The van der Waals surface area contributed by atoms with E-state index in [1.54, 1.807) is 18.2 Å². The van der Waals surface area contributed by atoms with Gasteiger partial charge in [0.15, 0.2) is 5.78 Å². The first-order valence-electron chi connectivity index (χ1n) is 9.52. The van der Waals surface area contributed by atoms with Crippen molar-refractivity contribution in [2.45, 2.75) is 32.2 Å². The minimum atomic E-state index is -0.0771. The van der Waals surface area contributed by atoms with Gasteiger partial charge in [-0.15, -0.1) is 0 Å². The van der Waals surface area contributed by atoms with Crippen LogP contribution in [0.1, 0.15) is 52.2 Å². The van der Waals surface area contributed by atoms with Crippen LogP contribution in [0.4, 0.5) is 0 Å². The molecule has 0 spiro atoms. The molecule has 2 heterocycles. The van der Waals surface area contributed by atoms with Gasteiger partial charge in [-0.05, 0) is 39.9 Å². The van der Waals surface area contributed by atoms with Crippen molar-refractivity contribution in [1.29, 1.82) is 0 Å². The highest BCUT2D eigenvalue weighted by Gasteiger charge is 2.29. The molecule has 1 aromatic carbocycles. The van der Waals surface area contributed by atoms with Gasteiger partial charge in [0.2, 0.25) is 0 Å². The SMILES string of the molecule is CC(=O)c1ccccc1C(=O)N1CCC[C@@H](c2nccn2CCN(C)C)C1. The molecule has 1 amide bonds. The van der Waals surface area contributed by atoms with Crippen LogP contribution < -0.4 is 0 Å². The van der Waals surface area contributed by atoms with Gasteiger partial charge in [0, 0.05) is 50.1 Å². The van der Waals surface area contributed by atoms with E-state index in [-0.39, 0.29) is 17.6 Å². The largest absolute Gasteiger partial charge is 0.338 e. The molecule has 0 bridgehead atoms. The number of carbonyl (C=O) groups excluding carboxylic acids is 2. The topological polar surface area (TPSA) is 58.4 Å². The van der Waals surface area contributed by atoms with E-state index < -0.39 is 0 Å². The summed E-state index contributed by atoms with van der Waals surface area (Å²) in [5, 5.41) is 0. The standard InChI is InChI=1S/C21H28N4O2/c1-16(26)18-8-4-5-9-19(18)21(27)25-11-6-7-17(15-25)20-22-10-12-24(20)14-13-23(2)3/h4-5,8-10,12,17H,6-7,11,13-15H2,1-3H3/t17-/m1/s1. The minimum absolute atomic E-state index is 0.0584. The molecule has 0 N–H and O–H groups in total. The number of likely N-dealkylation sites (N-methyl/N-ethyl adjacent to an activating group) is 1. The lowest BCUT2D eigenvalue weighted by Crippen LogP contribution is -2.40. The van der Waals surface area contributed by atoms with Crippen LogP contribution in [0.25, 0.3) is 0 Å². The fourth-order valence-corrected chi connectivity index (χ4v) is 3.70. The van der Waals surface area contributed by atoms with Crippen LogP contribution >= 0.6 is 0 Å². The van der Waals surface area contributed by atoms with Gasteiger partial charge in [0.1, 0.15) is 5.82 Å². The van der Waals surface area contributed by atoms with Crippen molar-refractivity contribution in [2.75, 3.05) is 33.7 Å². The first-order chi connectivity index (χ1) is 13.0. The second-order valence-electron chi connectivity index (χ2n) is 7.47. The molecular weight excluding hydrogens is 340 g/mol. The van der Waals surface area contributed by atoms with Crippen LogP contribution in [0.3, 0.4) is 0 Å². The van der Waals surface area contributed by atoms with E-state index in [1.165, 1.54) is 6.92 Å². The molecule has 6 heteroatoms. The maximum atomic E-state index is 13.1. The Morgan fingerprint density at radius 2 is 1.96 bits per heavy atom. The lowest BCUT2D eigenvalue weighted by molar-refractivity contribution is 0.0699. The summed E-state index contributed by atoms with van der Waals surface area (Å²) in [7, 11) is 4.12. The Morgan fingerprint density at radius 3 is 2.67 bits per heavy atom. The van der Waals surface area contributed by atoms with Gasteiger partial charge in [-0.2, -0.15) is 0 Å². The maximum absolute atomic E-state index is 13.1. The molecule has 0 saturated carbocycles. The molecule has 0 aliphatic carbocycles. The molecule has 1 aliphatic heterocycles. The van der Waals surface area contributed by atoms with Gasteiger partial charge in [0.25, 0.3) is 5.91 Å². The van der Waals surface area contributed by atoms with Crippen LogP contribution in [0.2, 0.25) is 0 Å². The van der Waals surface area contributed by atoms with E-state index in [4.69, 9.17) is 0 Å². The molecule has 0 unspecified atom stereocenters. The van der Waals surface area contributed by atoms with Crippen molar-refractivity contribution in [2.24, 2.45) is 0 Å². The van der Waals surface area contributed by atoms with E-state index >= 15 is 0 Å². The number of rotatable bonds is 6. The maximum Gasteiger partial charge on any atom is 0.254 e. The third kappa shape index (κ3) is 4.45. The van der Waals surface area contributed by atoms with Crippen molar-refractivity contribution in [3.05, 3.63) is 53.6 Å². The fraction of sp³-hybridized carbons (Fsp3) is 0.476. The Hall–Kier alpha value is -2.47. The molecule has 1 atom stereocenters. The summed E-state index contributed by atoms with van der Waals surface area (Å²) in [6.45, 7) is 4.71. The lowest BCUT2D eigenvalue weighted by Gasteiger charge is -2.33. The van der Waals surface area contributed by atoms with Gasteiger partial charge >= 0.3 is 0 Å². The summed E-state index contributed by atoms with van der Waals surface area (Å²) in [6.07, 6.45) is 5.83. The molecule has 3 rings (SSSR count). The van der Waals surface area contributed by atoms with Crippen molar-refractivity contribution < 1.29 is 9.59 Å². The molecule has 1 fully saturated rings. The Bertz CT molecular complexity index is 812. The fourth-order valence-electron chi connectivity index (χ4n) is 3.70. The number of hydrogen-bond donors (Lipinski definition) is 0. The van der Waals surface area contributed by atoms with Crippen LogP contribution in [0.5, 0.6) is 0 Å². The van der Waals surface area contributed by atoms with E-state index in [0.29, 0.717) is 17.7 Å². The van der Waals surface area contributed by atoms with E-state index in [2.05, 4.69) is 28.5 Å². The van der Waals surface area contributed by atoms with E-state index in [0.717, 1.165) is 38.3 Å². The van der Waals surface area contributed by atoms with Gasteiger partial charge in [-0.1, -0.05) is 18.2 Å². The highest BCUT2D eigenvalue weighted by atomic mass is 16.2. The minimum Gasteiger partial charge on any atom is -0.338 e. The number of imidazole rings is 1. The first-order valence-corrected chi connectivity index (χ1v) is 9.52. The first kappa shape index (κ1) is 19.3. The normalized spacial score (nSPS) is 17.3. The monoisotopic (exact) mass is 368 g/mol. The van der Waals surface area contributed by atoms with Gasteiger partial charge in [-0.3, -0.25) is 9.59 Å². The van der Waals surface area contributed by atoms with Gasteiger partial charge in [0.05, 0.1) is 5.56 Å². The number of piperidine rings is 1. The number of nitrogens with zero attached hydrogens (tertiary/aromatic N) is 4. The highest BCUT2D eigenvalue weighted by molar-refractivity contribution is 6.07. The second-order valence-corrected chi connectivity index (χ2v) is 7.47. The van der Waals surface area contributed by atoms with Crippen LogP contribution in [0.15, 0.2) is 36.7 Å². The number of aromatic nitrogens is 2. The van der Waals surface area contributed by atoms with Crippen LogP contribution in [0, 0.1) is 0 Å². The molecule has 6 nitrogen and oxygen atoms in total. The zero-order valence-corrected chi connectivity index (χ0v) is 16.4. The Balaban J connectivity index is 1.76. The average Bonchev–Trinajstić information content (AvgIpc) is 3.14. The van der Waals surface area contributed by atoms with E-state index in [9.17, 15) is 9.59 Å². The Morgan fingerprint density at radius 1 is 1.22 bits per heavy atom. The quantitative estimate of drug-likeness (QED) is 0.736. The number of Topliss-reactive ketones (excluding diaryl/α,β-unsaturated/α-hetero) is 1. The van der Waals surface area contributed by atoms with Gasteiger partial charge in [-0.25, -0.2) is 4.98 Å². The third-order valence-corrected chi connectivity index (χ3v) is 5.15. The molecule has 1 saturated heterocycles. The third-order valence-electron chi connectivity index (χ3n) is 5.15. The lowest BCUT2D eigenvalue weighted by atomic mass is 9.95. The molecular formula is C21H28N4O2. The van der Waals surface area contributed by atoms with Crippen LogP contribution in [-0.2, 0) is 6.54 Å². The number of hydrogen-bond acceptors (Lipinski definition) is 4. The Labute approximate surface area is 160 Å². The zero-order chi connectivity index (χ0) is 19.4. The molecule has 144 valence electrons. The zero-order valence-electron chi connectivity index (χ0n) is 16.4. The van der Waals surface area contributed by atoms with E-state index in [1.807, 2.05) is 23.4 Å². The van der Waals surface area contributed by atoms with Crippen molar-refractivity contribution in [1.82, 2.24) is 19.4 Å². The molecule has 27 heavy (non-hydrogen) atoms. The highest BCUT2D eigenvalue weighted by Crippen LogP contribution is 2.27. The van der Waals surface area contributed by atoms with Crippen LogP contribution in [-0.4, -0.2) is 64.8 Å². The molecule has 1 aromatic heterocycles. The van der Waals surface area contributed by atoms with Crippen molar-refractivity contribution in [3.63, 3.8) is 0 Å². The number of ketones is 1. The summed E-state index contributed by atoms with van der Waals surface area (Å²) >= 11 is 0. The smallest absolute Gasteiger partial charge is 0.254 e. The summed E-state index contributed by atoms with van der Waals surface area (Å²) in [5.74, 6) is 1.14. The predicted molar refractivity (Wildman–Crippen MR) is 105 cm³/mol. The molecule has 2 aromatic rings. The summed E-state index contributed by atoms with van der Waals surface area (Å²) in [4.78, 5) is 33.6. The predicted octanol–water partition coefficient (Wildman–Crippen LogP) is 2.67. The average molecular weight is 368 g/mol. The number of carbonyl (C=O) groups is 2. The number of likely N-dealkylation sites (tertiary alicyclic amines) is 1. The van der Waals surface area contributed by atoms with Crippen molar-refractivity contribution in [3.8, 4) is 0 Å². The number of benzene rings is 1. The molecule has 1 aliphatic rings.